The molecule has 4 rings (SSSR count). The molecule has 0 radical (unpaired) electrons. The van der Waals surface area contributed by atoms with Crippen LogP contribution in [0.2, 0.25) is 0 Å². The summed E-state index contributed by atoms with van der Waals surface area (Å²) in [6.45, 7) is 0.572. The van der Waals surface area contributed by atoms with Crippen molar-refractivity contribution in [2.45, 2.75) is 38.1 Å². The molecule has 10 nitrogen and oxygen atoms in total. The standard InChI is InChI=1S/C25H30N6O4/c1-30(2)24-19-5-3-4-6-20(19)28-25(29-24)27-18-10-7-16(8-11-18)15-26-23(33)14-17-9-12-22(32)21(13-17)31(34)35/h3-6,9,12-13,16,18,32H,7-8,10-11,14-15H2,1-2H3,(H,26,33)(H,27,28,29)/t16-,18+. The van der Waals surface area contributed by atoms with Crippen molar-refractivity contribution in [1.82, 2.24) is 15.3 Å². The first-order valence-electron chi connectivity index (χ1n) is 11.7. The van der Waals surface area contributed by atoms with Gasteiger partial charge in [-0.2, -0.15) is 4.98 Å². The van der Waals surface area contributed by atoms with Crippen LogP contribution in [0, 0.1) is 16.0 Å². The zero-order chi connectivity index (χ0) is 24.9. The number of amides is 1. The van der Waals surface area contributed by atoms with E-state index in [9.17, 15) is 20.0 Å². The van der Waals surface area contributed by atoms with Crippen LogP contribution in [0.1, 0.15) is 31.2 Å². The van der Waals surface area contributed by atoms with Crippen molar-refractivity contribution >= 4 is 34.3 Å². The molecule has 35 heavy (non-hydrogen) atoms. The number of phenolic OH excluding ortho intramolecular Hbond substituents is 1. The van der Waals surface area contributed by atoms with Crippen LogP contribution in [-0.4, -0.2) is 52.6 Å². The van der Waals surface area contributed by atoms with E-state index in [4.69, 9.17) is 4.98 Å². The largest absolute Gasteiger partial charge is 0.502 e. The summed E-state index contributed by atoms with van der Waals surface area (Å²) in [5, 5.41) is 28.0. The maximum Gasteiger partial charge on any atom is 0.310 e. The minimum absolute atomic E-state index is 0.0333. The maximum absolute atomic E-state index is 12.3. The molecule has 2 aromatic carbocycles. The summed E-state index contributed by atoms with van der Waals surface area (Å²) in [6, 6.07) is 12.3. The monoisotopic (exact) mass is 478 g/mol. The molecule has 1 aliphatic rings. The Bertz CT molecular complexity index is 1220. The SMILES string of the molecule is CN(C)c1nc(N[C@H]2CC[C@@H](CNC(=O)Cc3ccc(O)c([N+](=O)[O-])c3)CC2)nc2ccccc12. The number of anilines is 2. The van der Waals surface area contributed by atoms with Crippen molar-refractivity contribution in [3.8, 4) is 5.75 Å². The van der Waals surface area contributed by atoms with Gasteiger partial charge in [-0.25, -0.2) is 4.98 Å². The molecule has 1 aliphatic carbocycles. The summed E-state index contributed by atoms with van der Waals surface area (Å²) in [4.78, 5) is 34.1. The first-order valence-corrected chi connectivity index (χ1v) is 11.7. The maximum atomic E-state index is 12.3. The van der Waals surface area contributed by atoms with Gasteiger partial charge in [-0.1, -0.05) is 18.2 Å². The molecule has 10 heteroatoms. The van der Waals surface area contributed by atoms with Gasteiger partial charge in [0.25, 0.3) is 0 Å². The molecule has 0 bridgehead atoms. The Morgan fingerprint density at radius 3 is 2.60 bits per heavy atom. The molecule has 1 fully saturated rings. The Morgan fingerprint density at radius 1 is 1.14 bits per heavy atom. The van der Waals surface area contributed by atoms with Crippen LogP contribution in [0.15, 0.2) is 42.5 Å². The number of aromatic hydroxyl groups is 1. The predicted octanol–water partition coefficient (Wildman–Crippen LogP) is 3.64. The molecule has 1 aromatic heterocycles. The lowest BCUT2D eigenvalue weighted by Gasteiger charge is -2.29. The van der Waals surface area contributed by atoms with Gasteiger partial charge in [0.05, 0.1) is 16.9 Å². The number of carbonyl (C=O) groups excluding carboxylic acids is 1. The van der Waals surface area contributed by atoms with Crippen LogP contribution >= 0.6 is 0 Å². The summed E-state index contributed by atoms with van der Waals surface area (Å²) in [5.41, 5.74) is 1.01. The minimum atomic E-state index is -0.659. The van der Waals surface area contributed by atoms with Crippen molar-refractivity contribution in [1.29, 1.82) is 0 Å². The van der Waals surface area contributed by atoms with Crippen LogP contribution in [-0.2, 0) is 11.2 Å². The smallest absolute Gasteiger partial charge is 0.310 e. The summed E-state index contributed by atoms with van der Waals surface area (Å²) in [7, 11) is 3.95. The third-order valence-electron chi connectivity index (χ3n) is 6.38. The van der Waals surface area contributed by atoms with Gasteiger partial charge >= 0.3 is 5.69 Å². The molecule has 0 saturated heterocycles. The number of aromatic nitrogens is 2. The fourth-order valence-corrected chi connectivity index (χ4v) is 4.49. The number of carbonyl (C=O) groups is 1. The number of nitrogens with one attached hydrogen (secondary N) is 2. The van der Waals surface area contributed by atoms with Crippen molar-refractivity contribution < 1.29 is 14.8 Å². The molecule has 1 saturated carbocycles. The van der Waals surface area contributed by atoms with E-state index in [-0.39, 0.29) is 18.4 Å². The summed E-state index contributed by atoms with van der Waals surface area (Å²) < 4.78 is 0. The highest BCUT2D eigenvalue weighted by molar-refractivity contribution is 5.90. The van der Waals surface area contributed by atoms with Gasteiger partial charge < -0.3 is 20.6 Å². The quantitative estimate of drug-likeness (QED) is 0.330. The number of hydrogen-bond acceptors (Lipinski definition) is 8. The average molecular weight is 479 g/mol. The number of nitro benzene ring substituents is 1. The van der Waals surface area contributed by atoms with Crippen molar-refractivity contribution in [3.05, 3.63) is 58.1 Å². The van der Waals surface area contributed by atoms with Crippen molar-refractivity contribution in [2.75, 3.05) is 30.9 Å². The molecule has 3 aromatic rings. The predicted molar refractivity (Wildman–Crippen MR) is 135 cm³/mol. The number of nitro groups is 1. The lowest BCUT2D eigenvalue weighted by atomic mass is 9.86. The number of benzene rings is 2. The molecule has 0 spiro atoms. The van der Waals surface area contributed by atoms with E-state index in [1.807, 2.05) is 43.3 Å². The fourth-order valence-electron chi connectivity index (χ4n) is 4.49. The van der Waals surface area contributed by atoms with Crippen LogP contribution in [0.4, 0.5) is 17.5 Å². The molecule has 1 heterocycles. The second kappa shape index (κ2) is 10.5. The van der Waals surface area contributed by atoms with Crippen LogP contribution < -0.4 is 15.5 Å². The topological polar surface area (TPSA) is 134 Å². The van der Waals surface area contributed by atoms with E-state index in [1.54, 1.807) is 0 Å². The van der Waals surface area contributed by atoms with E-state index >= 15 is 0 Å². The number of para-hydroxylation sites is 1. The van der Waals surface area contributed by atoms with Gasteiger partial charge in [0.1, 0.15) is 5.82 Å². The Morgan fingerprint density at radius 2 is 1.89 bits per heavy atom. The van der Waals surface area contributed by atoms with Crippen LogP contribution in [0.5, 0.6) is 5.75 Å². The molecular formula is C25H30N6O4. The van der Waals surface area contributed by atoms with Crippen LogP contribution in [0.25, 0.3) is 10.9 Å². The molecule has 0 aliphatic heterocycles. The first kappa shape index (κ1) is 24.2. The number of phenols is 1. The summed E-state index contributed by atoms with van der Waals surface area (Å²) in [6.07, 6.45) is 3.88. The Kier molecular flexibility index (Phi) is 7.28. The Hall–Kier alpha value is -3.95. The number of rotatable bonds is 8. The normalized spacial score (nSPS) is 17.7. The lowest BCUT2D eigenvalue weighted by Crippen LogP contribution is -2.34. The molecule has 0 atom stereocenters. The highest BCUT2D eigenvalue weighted by Gasteiger charge is 2.23. The third kappa shape index (κ3) is 5.95. The molecule has 1 amide bonds. The zero-order valence-electron chi connectivity index (χ0n) is 19.9. The van der Waals surface area contributed by atoms with Gasteiger partial charge in [-0.15, -0.1) is 0 Å². The first-order chi connectivity index (χ1) is 16.8. The second-order valence-electron chi connectivity index (χ2n) is 9.21. The number of nitrogens with zero attached hydrogens (tertiary/aromatic N) is 4. The van der Waals surface area contributed by atoms with E-state index in [2.05, 4.69) is 15.6 Å². The van der Waals surface area contributed by atoms with Crippen molar-refractivity contribution in [2.24, 2.45) is 5.92 Å². The van der Waals surface area contributed by atoms with Gasteiger partial charge in [0.2, 0.25) is 11.9 Å². The summed E-state index contributed by atoms with van der Waals surface area (Å²) >= 11 is 0. The average Bonchev–Trinajstić information content (AvgIpc) is 2.84. The van der Waals surface area contributed by atoms with Crippen LogP contribution in [0.3, 0.4) is 0 Å². The fraction of sp³-hybridized carbons (Fsp3) is 0.400. The highest BCUT2D eigenvalue weighted by Crippen LogP contribution is 2.29. The Balaban J connectivity index is 1.27. The second-order valence-corrected chi connectivity index (χ2v) is 9.21. The highest BCUT2D eigenvalue weighted by atomic mass is 16.6. The lowest BCUT2D eigenvalue weighted by molar-refractivity contribution is -0.385. The zero-order valence-corrected chi connectivity index (χ0v) is 19.9. The molecule has 3 N–H and O–H groups in total. The van der Waals surface area contributed by atoms with E-state index < -0.39 is 16.4 Å². The number of hydrogen-bond donors (Lipinski definition) is 3. The summed E-state index contributed by atoms with van der Waals surface area (Å²) in [5.74, 6) is 1.30. The van der Waals surface area contributed by atoms with Gasteiger partial charge in [-0.05, 0) is 55.4 Å². The van der Waals surface area contributed by atoms with Crippen molar-refractivity contribution in [3.63, 3.8) is 0 Å². The molecule has 184 valence electrons. The van der Waals surface area contributed by atoms with Gasteiger partial charge in [-0.3, -0.25) is 14.9 Å². The molecule has 0 unspecified atom stereocenters. The number of fused-ring (bicyclic) bond motifs is 1. The third-order valence-corrected chi connectivity index (χ3v) is 6.38. The van der Waals surface area contributed by atoms with Gasteiger partial charge in [0.15, 0.2) is 5.75 Å². The minimum Gasteiger partial charge on any atom is -0.502 e. The van der Waals surface area contributed by atoms with Gasteiger partial charge in [0, 0.05) is 38.1 Å². The Labute approximate surface area is 203 Å². The van der Waals surface area contributed by atoms with E-state index in [0.717, 1.165) is 42.4 Å². The van der Waals surface area contributed by atoms with E-state index in [0.29, 0.717) is 24.0 Å². The molecular weight excluding hydrogens is 448 g/mol. The van der Waals surface area contributed by atoms with E-state index in [1.165, 1.54) is 18.2 Å².